The van der Waals surface area contributed by atoms with Gasteiger partial charge in [0.15, 0.2) is 0 Å². The van der Waals surface area contributed by atoms with E-state index in [0.29, 0.717) is 4.21 Å². The Morgan fingerprint density at radius 1 is 0.702 bits per heavy atom. The fourth-order valence-electron chi connectivity index (χ4n) is 5.86. The van der Waals surface area contributed by atoms with Gasteiger partial charge in [-0.1, -0.05) is 79.5 Å². The smallest absolute Gasteiger partial charge is 0.215 e. The van der Waals surface area contributed by atoms with E-state index in [2.05, 4.69) is 73.9 Å². The third kappa shape index (κ3) is 6.04. The number of rotatable bonds is 6. The lowest BCUT2D eigenvalue weighted by molar-refractivity contribution is 0.0345. The van der Waals surface area contributed by atoms with E-state index in [1.54, 1.807) is 32.4 Å². The molecule has 47 heavy (non-hydrogen) atoms. The quantitative estimate of drug-likeness (QED) is 0.132. The van der Waals surface area contributed by atoms with Crippen LogP contribution in [0.1, 0.15) is 57.2 Å². The van der Waals surface area contributed by atoms with Gasteiger partial charge in [-0.3, -0.25) is 0 Å². The predicted octanol–water partition coefficient (Wildman–Crippen LogP) is 9.84. The summed E-state index contributed by atoms with van der Waals surface area (Å²) >= 11 is 1.28. The molecule has 0 spiro atoms. The molecule has 1 heterocycles. The van der Waals surface area contributed by atoms with Gasteiger partial charge in [-0.15, -0.1) is 11.3 Å². The maximum Gasteiger partial charge on any atom is 0.215 e. The summed E-state index contributed by atoms with van der Waals surface area (Å²) < 4.78 is 40.3. The van der Waals surface area contributed by atoms with E-state index in [-0.39, 0.29) is 4.90 Å². The highest BCUT2D eigenvalue weighted by molar-refractivity contribution is 7.93. The monoisotopic (exact) mass is 658 g/mol. The summed E-state index contributed by atoms with van der Waals surface area (Å²) in [5.74, 6) is 13.9. The normalized spacial score (nSPS) is 12.3. The summed E-state index contributed by atoms with van der Waals surface area (Å²) in [4.78, 5) is 0.284. The summed E-state index contributed by atoms with van der Waals surface area (Å²) in [6.07, 6.45) is 1.49. The van der Waals surface area contributed by atoms with Gasteiger partial charge in [0.05, 0.1) is 4.90 Å². The van der Waals surface area contributed by atoms with Gasteiger partial charge in [0.1, 0.15) is 15.4 Å². The largest absolute Gasteiger partial charge is 0.366 e. The van der Waals surface area contributed by atoms with Crippen LogP contribution in [0.3, 0.4) is 0 Å². The van der Waals surface area contributed by atoms with Crippen molar-refractivity contribution >= 4 is 63.6 Å². The highest BCUT2D eigenvalue weighted by Gasteiger charge is 2.24. The van der Waals surface area contributed by atoms with Crippen LogP contribution in [0.15, 0.2) is 88.0 Å². The second kappa shape index (κ2) is 12.5. The zero-order chi connectivity index (χ0) is 33.6. The van der Waals surface area contributed by atoms with Crippen LogP contribution in [0, 0.1) is 30.6 Å². The molecule has 1 aromatic heterocycles. The Hall–Kier alpha value is -4.17. The number of methoxy groups -OCH3 is 2. The van der Waals surface area contributed by atoms with Crippen LogP contribution in [0.4, 0.5) is 0 Å². The molecule has 0 saturated carbocycles. The minimum atomic E-state index is -3.70. The zero-order valence-electron chi connectivity index (χ0n) is 27.9. The van der Waals surface area contributed by atoms with Crippen molar-refractivity contribution in [2.75, 3.05) is 14.2 Å². The number of fused-ring (bicyclic) bond motifs is 4. The van der Waals surface area contributed by atoms with Gasteiger partial charge in [-0.25, -0.2) is 8.42 Å². The van der Waals surface area contributed by atoms with E-state index in [1.807, 2.05) is 45.0 Å². The lowest BCUT2D eigenvalue weighted by atomic mass is 9.88. The molecule has 6 heteroatoms. The molecule has 0 unspecified atom stereocenters. The third-order valence-electron chi connectivity index (χ3n) is 9.14. The fraction of sp³-hybridized carbons (Fsp3) is 0.268. The van der Waals surface area contributed by atoms with Gasteiger partial charge in [0, 0.05) is 35.4 Å². The first-order valence-corrected chi connectivity index (χ1v) is 18.1. The first-order valence-electron chi connectivity index (χ1n) is 15.8. The van der Waals surface area contributed by atoms with E-state index < -0.39 is 21.0 Å². The van der Waals surface area contributed by atoms with Gasteiger partial charge >= 0.3 is 0 Å². The molecule has 6 rings (SSSR count). The summed E-state index contributed by atoms with van der Waals surface area (Å²) in [6, 6.07) is 25.6. The van der Waals surface area contributed by atoms with Crippen LogP contribution >= 0.6 is 11.3 Å². The number of thiophene rings is 1. The Morgan fingerprint density at radius 3 is 1.77 bits per heavy atom. The maximum atomic E-state index is 13.8. The van der Waals surface area contributed by atoms with Crippen LogP contribution in [-0.2, 0) is 19.3 Å². The highest BCUT2D eigenvalue weighted by Crippen LogP contribution is 2.41. The van der Waals surface area contributed by atoms with Crippen LogP contribution in [0.5, 0.6) is 0 Å². The number of aryl methyl sites for hydroxylation is 1. The molecule has 0 aliphatic heterocycles. The number of ether oxygens (including phenoxy) is 2. The van der Waals surface area contributed by atoms with Crippen molar-refractivity contribution in [3.63, 3.8) is 0 Å². The van der Waals surface area contributed by atoms with Gasteiger partial charge in [0.2, 0.25) is 9.84 Å². The summed E-state index contributed by atoms with van der Waals surface area (Å²) in [5, 5.41) is 6.86. The van der Waals surface area contributed by atoms with E-state index in [4.69, 9.17) is 9.47 Å². The molecule has 6 aromatic rings. The van der Waals surface area contributed by atoms with E-state index in [9.17, 15) is 8.42 Å². The number of sulfone groups is 1. The number of benzene rings is 5. The Balaban J connectivity index is 1.75. The van der Waals surface area contributed by atoms with Gasteiger partial charge in [0.25, 0.3) is 0 Å². The minimum Gasteiger partial charge on any atom is -0.366 e. The molecule has 0 bridgehead atoms. The molecule has 5 aromatic carbocycles. The van der Waals surface area contributed by atoms with Gasteiger partial charge in [-0.05, 0) is 108 Å². The van der Waals surface area contributed by atoms with Crippen LogP contribution < -0.4 is 0 Å². The van der Waals surface area contributed by atoms with E-state index in [1.165, 1.54) is 11.3 Å². The van der Waals surface area contributed by atoms with Crippen LogP contribution in [0.25, 0.3) is 42.4 Å². The molecule has 0 radical (unpaired) electrons. The van der Waals surface area contributed by atoms with Crippen molar-refractivity contribution in [1.29, 1.82) is 0 Å². The Kier molecular flexibility index (Phi) is 8.68. The summed E-state index contributed by atoms with van der Waals surface area (Å²) in [5.41, 5.74) is 1.48. The SMILES string of the molecule is CCC(C#Cc1c2cc3ccccc3cc2c(C#CC(C)(C)OC)c2cc3sc(S(=O)(=O)c4ccc(C)cc4)cc3cc12)(CC)OC. The van der Waals surface area contributed by atoms with Crippen molar-refractivity contribution in [3.05, 3.63) is 95.6 Å². The zero-order valence-corrected chi connectivity index (χ0v) is 29.5. The lowest BCUT2D eigenvalue weighted by Gasteiger charge is -2.23. The molecule has 4 nitrogen and oxygen atoms in total. The molecule has 0 saturated heterocycles. The van der Waals surface area contributed by atoms with E-state index >= 15 is 0 Å². The summed E-state index contributed by atoms with van der Waals surface area (Å²) in [6.45, 7) is 10.0. The molecule has 0 amide bonds. The fourth-order valence-corrected chi connectivity index (χ4v) is 8.68. The van der Waals surface area contributed by atoms with Crippen molar-refractivity contribution < 1.29 is 17.9 Å². The summed E-state index contributed by atoms with van der Waals surface area (Å²) in [7, 11) is -0.332. The second-order valence-electron chi connectivity index (χ2n) is 12.4. The molecular weight excluding hydrogens is 621 g/mol. The Labute approximate surface area is 281 Å². The second-order valence-corrected chi connectivity index (χ2v) is 15.7. The van der Waals surface area contributed by atoms with Crippen LogP contribution in [0.2, 0.25) is 0 Å². The van der Waals surface area contributed by atoms with Crippen LogP contribution in [-0.4, -0.2) is 33.8 Å². The Morgan fingerprint density at radius 2 is 1.23 bits per heavy atom. The lowest BCUT2D eigenvalue weighted by Crippen LogP contribution is -2.27. The molecule has 0 atom stereocenters. The van der Waals surface area contributed by atoms with Crippen molar-refractivity contribution in [2.24, 2.45) is 0 Å². The van der Waals surface area contributed by atoms with Gasteiger partial charge in [-0.2, -0.15) is 0 Å². The van der Waals surface area contributed by atoms with Crippen molar-refractivity contribution in [2.45, 2.75) is 67.8 Å². The van der Waals surface area contributed by atoms with E-state index in [0.717, 1.165) is 71.9 Å². The molecule has 0 fully saturated rings. The first kappa shape index (κ1) is 32.8. The molecule has 238 valence electrons. The van der Waals surface area contributed by atoms with Crippen molar-refractivity contribution in [3.8, 4) is 23.7 Å². The predicted molar refractivity (Wildman–Crippen MR) is 196 cm³/mol. The molecule has 0 aliphatic carbocycles. The average Bonchev–Trinajstić information content (AvgIpc) is 3.51. The first-order chi connectivity index (χ1) is 22.4. The number of hydrogen-bond acceptors (Lipinski definition) is 5. The third-order valence-corrected chi connectivity index (χ3v) is 12.5. The van der Waals surface area contributed by atoms with Crippen molar-refractivity contribution in [1.82, 2.24) is 0 Å². The molecule has 0 N–H and O–H groups in total. The maximum absolute atomic E-state index is 13.8. The molecular formula is C41H38O4S2. The minimum absolute atomic E-state index is 0.284. The standard InChI is InChI=1S/C41H38O4S2/c1-8-41(9-2,45-7)21-19-33-35-23-29-13-11-10-12-28(29)22-34(35)32(18-20-40(4,5)44-6)37-26-38-30(24-36(33)37)25-39(46-38)47(42,43)31-16-14-27(3)15-17-31/h10-17,22-26H,8-9H2,1-7H3. The highest BCUT2D eigenvalue weighted by atomic mass is 32.2. The van der Waals surface area contributed by atoms with Gasteiger partial charge < -0.3 is 9.47 Å². The molecule has 0 aliphatic rings. The number of hydrogen-bond donors (Lipinski definition) is 0. The average molecular weight is 659 g/mol. The Bertz CT molecular complexity index is 2400. The topological polar surface area (TPSA) is 52.6 Å².